The van der Waals surface area contributed by atoms with Crippen LogP contribution < -0.4 is 4.74 Å². The molecule has 0 spiro atoms. The van der Waals surface area contributed by atoms with Crippen molar-refractivity contribution in [2.75, 3.05) is 6.61 Å². The fourth-order valence-corrected chi connectivity index (χ4v) is 4.83. The van der Waals surface area contributed by atoms with Gasteiger partial charge in [-0.2, -0.15) is 5.26 Å². The van der Waals surface area contributed by atoms with E-state index in [1.54, 1.807) is 11.8 Å². The summed E-state index contributed by atoms with van der Waals surface area (Å²) in [5.74, 6) is 1.58. The minimum absolute atomic E-state index is 0.123. The highest BCUT2D eigenvalue weighted by atomic mass is 32.2. The molecule has 0 amide bonds. The van der Waals surface area contributed by atoms with Crippen molar-refractivity contribution in [3.05, 3.63) is 102 Å². The van der Waals surface area contributed by atoms with E-state index in [2.05, 4.69) is 51.1 Å². The summed E-state index contributed by atoms with van der Waals surface area (Å²) < 4.78 is 5.60. The van der Waals surface area contributed by atoms with Crippen molar-refractivity contribution in [2.24, 2.45) is 0 Å². The van der Waals surface area contributed by atoms with Gasteiger partial charge in [-0.1, -0.05) is 75.4 Å². The van der Waals surface area contributed by atoms with Gasteiger partial charge in [-0.25, -0.2) is 4.98 Å². The number of hydrogen-bond acceptors (Lipinski definition) is 4. The van der Waals surface area contributed by atoms with Crippen molar-refractivity contribution in [3.63, 3.8) is 0 Å². The average molecular weight is 479 g/mol. The summed E-state index contributed by atoms with van der Waals surface area (Å²) in [6.45, 7) is 9.26. The Kier molecular flexibility index (Phi) is 7.58. The van der Waals surface area contributed by atoms with Crippen LogP contribution >= 0.6 is 11.8 Å². The van der Waals surface area contributed by atoms with Crippen molar-refractivity contribution >= 4 is 11.8 Å². The van der Waals surface area contributed by atoms with Gasteiger partial charge in [-0.3, -0.25) is 0 Å². The maximum atomic E-state index is 10.1. The highest BCUT2D eigenvalue weighted by Gasteiger charge is 2.17. The van der Waals surface area contributed by atoms with Crippen molar-refractivity contribution in [2.45, 2.75) is 43.9 Å². The second kappa shape index (κ2) is 10.8. The first-order valence-corrected chi connectivity index (χ1v) is 12.8. The Labute approximate surface area is 212 Å². The molecule has 0 unspecified atom stereocenters. The zero-order valence-electron chi connectivity index (χ0n) is 20.7. The molecule has 0 atom stereocenters. The van der Waals surface area contributed by atoms with Crippen LogP contribution in [0.4, 0.5) is 0 Å². The lowest BCUT2D eigenvalue weighted by Crippen LogP contribution is -2.10. The zero-order valence-corrected chi connectivity index (χ0v) is 21.5. The molecule has 1 heterocycles. The smallest absolute Gasteiger partial charge is 0.119 e. The quantitative estimate of drug-likeness (QED) is 0.251. The van der Waals surface area contributed by atoms with Gasteiger partial charge in [0.05, 0.1) is 17.9 Å². The third-order valence-electron chi connectivity index (χ3n) is 5.84. The van der Waals surface area contributed by atoms with E-state index in [4.69, 9.17) is 9.72 Å². The van der Waals surface area contributed by atoms with Crippen LogP contribution in [0.3, 0.4) is 0 Å². The lowest BCUT2D eigenvalue weighted by Gasteiger charge is -2.19. The minimum atomic E-state index is 0.123. The summed E-state index contributed by atoms with van der Waals surface area (Å²) in [7, 11) is 0. The van der Waals surface area contributed by atoms with Gasteiger partial charge in [0.1, 0.15) is 16.8 Å². The lowest BCUT2D eigenvalue weighted by molar-refractivity contribution is 0.340. The van der Waals surface area contributed by atoms with Crippen molar-refractivity contribution in [1.82, 2.24) is 4.98 Å². The van der Waals surface area contributed by atoms with E-state index in [0.717, 1.165) is 38.9 Å². The van der Waals surface area contributed by atoms with Crippen LogP contribution in [0.1, 0.15) is 44.4 Å². The largest absolute Gasteiger partial charge is 0.494 e. The molecule has 3 nitrogen and oxygen atoms in total. The molecule has 0 saturated heterocycles. The number of pyridine rings is 1. The maximum Gasteiger partial charge on any atom is 0.119 e. The number of aromatic nitrogens is 1. The topological polar surface area (TPSA) is 45.9 Å². The van der Waals surface area contributed by atoms with Gasteiger partial charge in [0.25, 0.3) is 0 Å². The molecule has 4 aromatic rings. The first kappa shape index (κ1) is 24.6. The normalized spacial score (nSPS) is 11.2. The van der Waals surface area contributed by atoms with Gasteiger partial charge in [0.2, 0.25) is 0 Å². The Morgan fingerprint density at radius 2 is 1.57 bits per heavy atom. The summed E-state index contributed by atoms with van der Waals surface area (Å²) >= 11 is 1.61. The molecule has 0 fully saturated rings. The van der Waals surface area contributed by atoms with Gasteiger partial charge in [0.15, 0.2) is 0 Å². The number of hydrogen-bond donors (Lipinski definition) is 0. The van der Waals surface area contributed by atoms with Crippen molar-refractivity contribution in [3.8, 4) is 34.2 Å². The minimum Gasteiger partial charge on any atom is -0.494 e. The molecular formula is C31H30N2OS. The van der Waals surface area contributed by atoms with E-state index in [9.17, 15) is 5.26 Å². The van der Waals surface area contributed by atoms with Gasteiger partial charge in [-0.05, 0) is 59.4 Å². The molecule has 176 valence electrons. The lowest BCUT2D eigenvalue weighted by atomic mass is 9.87. The molecule has 0 radical (unpaired) electrons. The third-order valence-corrected chi connectivity index (χ3v) is 6.89. The van der Waals surface area contributed by atoms with Crippen LogP contribution in [0.2, 0.25) is 0 Å². The van der Waals surface area contributed by atoms with Crippen LogP contribution in [-0.4, -0.2) is 11.6 Å². The van der Waals surface area contributed by atoms with E-state index >= 15 is 0 Å². The van der Waals surface area contributed by atoms with Crippen molar-refractivity contribution < 1.29 is 4.74 Å². The number of rotatable bonds is 7. The summed E-state index contributed by atoms with van der Waals surface area (Å²) in [6.07, 6.45) is 0. The molecule has 0 aliphatic rings. The number of thioether (sulfide) groups is 1. The molecule has 3 aromatic carbocycles. The molecule has 0 aliphatic carbocycles. The van der Waals surface area contributed by atoms with Gasteiger partial charge in [0, 0.05) is 16.9 Å². The van der Waals surface area contributed by atoms with E-state index in [1.807, 2.05) is 67.6 Å². The predicted molar refractivity (Wildman–Crippen MR) is 146 cm³/mol. The predicted octanol–water partition coefficient (Wildman–Crippen LogP) is 8.28. The van der Waals surface area contributed by atoms with Crippen molar-refractivity contribution in [1.29, 1.82) is 5.26 Å². The summed E-state index contributed by atoms with van der Waals surface area (Å²) in [6, 6.07) is 31.2. The Balaban J connectivity index is 1.72. The van der Waals surface area contributed by atoms with Gasteiger partial charge in [-0.15, -0.1) is 11.8 Å². The van der Waals surface area contributed by atoms with Crippen LogP contribution in [-0.2, 0) is 11.2 Å². The molecule has 4 rings (SSSR count). The monoisotopic (exact) mass is 478 g/mol. The van der Waals surface area contributed by atoms with E-state index in [1.165, 1.54) is 11.1 Å². The fourth-order valence-electron chi connectivity index (χ4n) is 3.87. The Morgan fingerprint density at radius 3 is 2.17 bits per heavy atom. The standard InChI is InChI=1S/C31H30N2OS/c1-5-34-26-17-13-24(14-18-26)29-19-27(23-9-7-6-8-10-23)28(20-32)30(33-29)35-21-22-11-15-25(16-12-22)31(2,3)4/h6-19H,5,21H2,1-4H3. The fraction of sp³-hybridized carbons (Fsp3) is 0.226. The van der Waals surface area contributed by atoms with E-state index < -0.39 is 0 Å². The summed E-state index contributed by atoms with van der Waals surface area (Å²) in [5.41, 5.74) is 7.00. The average Bonchev–Trinajstić information content (AvgIpc) is 2.88. The van der Waals surface area contributed by atoms with Gasteiger partial charge < -0.3 is 4.74 Å². The van der Waals surface area contributed by atoms with Crippen LogP contribution in [0.15, 0.2) is 90.0 Å². The SMILES string of the molecule is CCOc1ccc(-c2cc(-c3ccccc3)c(C#N)c(SCc3ccc(C(C)(C)C)cc3)n2)cc1. The second-order valence-corrected chi connectivity index (χ2v) is 10.4. The van der Waals surface area contributed by atoms with E-state index in [0.29, 0.717) is 12.2 Å². The molecule has 0 aliphatic heterocycles. The molecule has 0 N–H and O–H groups in total. The molecule has 0 saturated carbocycles. The highest BCUT2D eigenvalue weighted by molar-refractivity contribution is 7.98. The Hall–Kier alpha value is -3.55. The summed E-state index contributed by atoms with van der Waals surface area (Å²) in [4.78, 5) is 4.95. The van der Waals surface area contributed by atoms with Crippen LogP contribution in [0.5, 0.6) is 5.75 Å². The summed E-state index contributed by atoms with van der Waals surface area (Å²) in [5, 5.41) is 10.9. The number of nitriles is 1. The molecule has 0 bridgehead atoms. The second-order valence-electron chi connectivity index (χ2n) is 9.41. The molecule has 1 aromatic heterocycles. The van der Waals surface area contributed by atoms with Crippen LogP contribution in [0, 0.1) is 11.3 Å². The maximum absolute atomic E-state index is 10.1. The van der Waals surface area contributed by atoms with E-state index in [-0.39, 0.29) is 5.41 Å². The molecule has 35 heavy (non-hydrogen) atoms. The number of ether oxygens (including phenoxy) is 1. The zero-order chi connectivity index (χ0) is 24.8. The molecule has 4 heteroatoms. The van der Waals surface area contributed by atoms with Gasteiger partial charge >= 0.3 is 0 Å². The highest BCUT2D eigenvalue weighted by Crippen LogP contribution is 2.36. The first-order valence-electron chi connectivity index (χ1n) is 11.8. The Bertz CT molecular complexity index is 1320. The Morgan fingerprint density at radius 1 is 0.886 bits per heavy atom. The van der Waals surface area contributed by atoms with Crippen LogP contribution in [0.25, 0.3) is 22.4 Å². The number of benzene rings is 3. The first-order chi connectivity index (χ1) is 16.9. The third kappa shape index (κ3) is 5.93. The molecular weight excluding hydrogens is 448 g/mol. The number of nitrogens with zero attached hydrogens (tertiary/aromatic N) is 2.